The standard InChI is InChI=1S/C22H28O4/c23-16-5-4-14-11-15-13(10-12-2-1-3-12)6-8-21-18(14)19(16)26-20(21)17(24)7-9-22(15,21)25/h4-5,12-13,15,17,20,23-25H,1-3,6-11H2. The van der Waals surface area contributed by atoms with Gasteiger partial charge in [0, 0.05) is 5.56 Å². The average molecular weight is 356 g/mol. The molecule has 1 aromatic rings. The molecule has 1 heterocycles. The molecule has 2 bridgehead atoms. The highest BCUT2D eigenvalue weighted by Gasteiger charge is 2.72. The molecule has 4 heteroatoms. The summed E-state index contributed by atoms with van der Waals surface area (Å²) in [6.07, 6.45) is 8.40. The second-order valence-corrected chi connectivity index (χ2v) is 9.63. The lowest BCUT2D eigenvalue weighted by atomic mass is 9.43. The van der Waals surface area contributed by atoms with Crippen LogP contribution in [0.25, 0.3) is 0 Å². The van der Waals surface area contributed by atoms with Crippen LogP contribution in [-0.2, 0) is 11.8 Å². The van der Waals surface area contributed by atoms with Gasteiger partial charge in [-0.2, -0.15) is 0 Å². The first-order chi connectivity index (χ1) is 12.5. The normalized spacial score (nSPS) is 45.6. The van der Waals surface area contributed by atoms with Crippen LogP contribution in [0.15, 0.2) is 12.1 Å². The van der Waals surface area contributed by atoms with Gasteiger partial charge in [0.05, 0.1) is 17.1 Å². The number of hydrogen-bond donors (Lipinski definition) is 3. The van der Waals surface area contributed by atoms with Crippen LogP contribution >= 0.6 is 0 Å². The summed E-state index contributed by atoms with van der Waals surface area (Å²) in [4.78, 5) is 0. The largest absolute Gasteiger partial charge is 0.504 e. The van der Waals surface area contributed by atoms with Crippen LogP contribution in [0.2, 0.25) is 0 Å². The monoisotopic (exact) mass is 356 g/mol. The summed E-state index contributed by atoms with van der Waals surface area (Å²) < 4.78 is 6.18. The van der Waals surface area contributed by atoms with Gasteiger partial charge in [-0.1, -0.05) is 25.3 Å². The van der Waals surface area contributed by atoms with E-state index in [1.165, 1.54) is 31.2 Å². The minimum absolute atomic E-state index is 0.150. The number of aromatic hydroxyl groups is 1. The summed E-state index contributed by atoms with van der Waals surface area (Å²) in [6, 6.07) is 3.76. The van der Waals surface area contributed by atoms with E-state index in [-0.39, 0.29) is 11.7 Å². The van der Waals surface area contributed by atoms with Gasteiger partial charge in [-0.25, -0.2) is 0 Å². The summed E-state index contributed by atoms with van der Waals surface area (Å²) in [5.41, 5.74) is 0.896. The second-order valence-electron chi connectivity index (χ2n) is 9.63. The Bertz CT molecular complexity index is 772. The van der Waals surface area contributed by atoms with Gasteiger partial charge in [0.15, 0.2) is 11.5 Å². The molecule has 6 atom stereocenters. The molecule has 4 aliphatic carbocycles. The van der Waals surface area contributed by atoms with Gasteiger partial charge in [0.1, 0.15) is 6.10 Å². The predicted octanol–water partition coefficient (Wildman–Crippen LogP) is 3.05. The fourth-order valence-electron chi connectivity index (χ4n) is 7.39. The molecule has 0 radical (unpaired) electrons. The minimum Gasteiger partial charge on any atom is -0.504 e. The minimum atomic E-state index is -0.810. The SMILES string of the molecule is Oc1ccc2c3c1OC1C(O)CCC4(O)C(C2)C(CC2CCC2)CCC314. The first-order valence-electron chi connectivity index (χ1n) is 10.5. The Labute approximate surface area is 154 Å². The maximum absolute atomic E-state index is 12.1. The molecule has 1 spiro atoms. The molecule has 1 aliphatic heterocycles. The molecule has 3 saturated carbocycles. The first-order valence-corrected chi connectivity index (χ1v) is 10.5. The number of aliphatic hydroxyl groups is 2. The highest BCUT2D eigenvalue weighted by atomic mass is 16.5. The molecular weight excluding hydrogens is 328 g/mol. The summed E-state index contributed by atoms with van der Waals surface area (Å²) >= 11 is 0. The van der Waals surface area contributed by atoms with Crippen molar-refractivity contribution in [3.8, 4) is 11.5 Å². The van der Waals surface area contributed by atoms with E-state index in [4.69, 9.17) is 4.74 Å². The topological polar surface area (TPSA) is 69.9 Å². The van der Waals surface area contributed by atoms with Crippen LogP contribution in [-0.4, -0.2) is 33.1 Å². The number of benzene rings is 1. The molecule has 0 saturated heterocycles. The van der Waals surface area contributed by atoms with E-state index in [0.29, 0.717) is 24.5 Å². The molecule has 6 rings (SSSR count). The molecule has 4 nitrogen and oxygen atoms in total. The van der Waals surface area contributed by atoms with Crippen molar-refractivity contribution in [3.63, 3.8) is 0 Å². The van der Waals surface area contributed by atoms with Crippen LogP contribution in [0.1, 0.15) is 62.5 Å². The van der Waals surface area contributed by atoms with Crippen LogP contribution in [0.5, 0.6) is 11.5 Å². The molecule has 0 aromatic heterocycles. The zero-order chi connectivity index (χ0) is 17.7. The van der Waals surface area contributed by atoms with Gasteiger partial charge in [-0.05, 0) is 67.9 Å². The Morgan fingerprint density at radius 1 is 1.12 bits per heavy atom. The zero-order valence-electron chi connectivity index (χ0n) is 15.2. The van der Waals surface area contributed by atoms with Gasteiger partial charge in [0.25, 0.3) is 0 Å². The van der Waals surface area contributed by atoms with Crippen molar-refractivity contribution in [2.24, 2.45) is 17.8 Å². The molecule has 0 amide bonds. The van der Waals surface area contributed by atoms with Crippen molar-refractivity contribution < 1.29 is 20.1 Å². The third-order valence-corrected chi connectivity index (χ3v) is 8.74. The van der Waals surface area contributed by atoms with Crippen LogP contribution in [0, 0.1) is 17.8 Å². The second kappa shape index (κ2) is 4.96. The molecule has 1 aromatic carbocycles. The number of phenolic OH excluding ortho intramolecular Hbond substituents is 1. The molecule has 5 aliphatic rings. The Balaban J connectivity index is 1.52. The van der Waals surface area contributed by atoms with Crippen LogP contribution < -0.4 is 4.74 Å². The maximum atomic E-state index is 12.1. The van der Waals surface area contributed by atoms with Gasteiger partial charge < -0.3 is 20.1 Å². The van der Waals surface area contributed by atoms with E-state index in [1.54, 1.807) is 6.07 Å². The van der Waals surface area contributed by atoms with Crippen LogP contribution in [0.3, 0.4) is 0 Å². The fraction of sp³-hybridized carbons (Fsp3) is 0.727. The van der Waals surface area contributed by atoms with Gasteiger partial charge in [-0.3, -0.25) is 0 Å². The molecule has 140 valence electrons. The Kier molecular flexibility index (Phi) is 3.01. The van der Waals surface area contributed by atoms with Crippen molar-refractivity contribution in [3.05, 3.63) is 23.3 Å². The van der Waals surface area contributed by atoms with Crippen molar-refractivity contribution in [2.45, 2.75) is 81.0 Å². The summed E-state index contributed by atoms with van der Waals surface area (Å²) in [7, 11) is 0. The molecule has 3 fully saturated rings. The third kappa shape index (κ3) is 1.65. The van der Waals surface area contributed by atoms with E-state index < -0.39 is 23.2 Å². The lowest BCUT2D eigenvalue weighted by Crippen LogP contribution is -2.72. The van der Waals surface area contributed by atoms with E-state index in [2.05, 4.69) is 0 Å². The van der Waals surface area contributed by atoms with Crippen molar-refractivity contribution in [2.75, 3.05) is 0 Å². The lowest BCUT2D eigenvalue weighted by Gasteiger charge is -2.63. The Hall–Kier alpha value is -1.26. The van der Waals surface area contributed by atoms with E-state index in [1.807, 2.05) is 6.07 Å². The van der Waals surface area contributed by atoms with Gasteiger partial charge in [0.2, 0.25) is 0 Å². The third-order valence-electron chi connectivity index (χ3n) is 8.74. The highest BCUT2D eigenvalue weighted by molar-refractivity contribution is 5.62. The summed E-state index contributed by atoms with van der Waals surface area (Å²) in [6.45, 7) is 0. The Morgan fingerprint density at radius 2 is 1.96 bits per heavy atom. The lowest BCUT2D eigenvalue weighted by molar-refractivity contribution is -0.210. The van der Waals surface area contributed by atoms with E-state index in [0.717, 1.165) is 30.7 Å². The summed E-state index contributed by atoms with van der Waals surface area (Å²) in [5, 5.41) is 33.3. The molecule has 6 unspecified atom stereocenters. The number of phenols is 1. The molecule has 3 N–H and O–H groups in total. The highest BCUT2D eigenvalue weighted by Crippen LogP contribution is 2.68. The van der Waals surface area contributed by atoms with Gasteiger partial charge in [-0.15, -0.1) is 0 Å². The molecular formula is C22H28O4. The zero-order valence-corrected chi connectivity index (χ0v) is 15.2. The Morgan fingerprint density at radius 3 is 2.73 bits per heavy atom. The average Bonchev–Trinajstić information content (AvgIpc) is 2.93. The fourth-order valence-corrected chi connectivity index (χ4v) is 7.39. The predicted molar refractivity (Wildman–Crippen MR) is 96.3 cm³/mol. The van der Waals surface area contributed by atoms with Crippen molar-refractivity contribution in [1.82, 2.24) is 0 Å². The smallest absolute Gasteiger partial charge is 0.165 e. The first kappa shape index (κ1) is 15.8. The van der Waals surface area contributed by atoms with Crippen LogP contribution in [0.4, 0.5) is 0 Å². The number of hydrogen-bond acceptors (Lipinski definition) is 4. The molecule has 26 heavy (non-hydrogen) atoms. The van der Waals surface area contributed by atoms with E-state index in [9.17, 15) is 15.3 Å². The van der Waals surface area contributed by atoms with Crippen molar-refractivity contribution >= 4 is 0 Å². The van der Waals surface area contributed by atoms with E-state index >= 15 is 0 Å². The number of aliphatic hydroxyl groups excluding tert-OH is 1. The summed E-state index contributed by atoms with van der Waals surface area (Å²) in [5.74, 6) is 2.34. The van der Waals surface area contributed by atoms with Gasteiger partial charge >= 0.3 is 0 Å². The van der Waals surface area contributed by atoms with Crippen molar-refractivity contribution in [1.29, 1.82) is 0 Å². The number of rotatable bonds is 2. The number of ether oxygens (including phenoxy) is 1. The maximum Gasteiger partial charge on any atom is 0.165 e. The quantitative estimate of drug-likeness (QED) is 0.762.